The molecule has 1 aromatic heterocycles. The summed E-state index contributed by atoms with van der Waals surface area (Å²) >= 11 is 0. The van der Waals surface area contributed by atoms with Gasteiger partial charge in [0.1, 0.15) is 0 Å². The monoisotopic (exact) mass is 190 g/mol. The lowest BCUT2D eigenvalue weighted by molar-refractivity contribution is 0.319. The Morgan fingerprint density at radius 1 is 1.57 bits per heavy atom. The summed E-state index contributed by atoms with van der Waals surface area (Å²) in [6.45, 7) is 1.99. The minimum Gasteiger partial charge on any atom is -0.411 e. The zero-order chi connectivity index (χ0) is 9.97. The van der Waals surface area contributed by atoms with Gasteiger partial charge < -0.3 is 5.21 Å². The molecule has 3 heteroatoms. The lowest BCUT2D eigenvalue weighted by atomic mass is 9.87. The summed E-state index contributed by atoms with van der Waals surface area (Å²) in [6.07, 6.45) is 4.87. The van der Waals surface area contributed by atoms with Crippen LogP contribution in [0.5, 0.6) is 0 Å². The molecule has 0 amide bonds. The van der Waals surface area contributed by atoms with E-state index in [2.05, 4.69) is 16.2 Å². The fraction of sp³-hybridized carbons (Fsp3) is 0.455. The summed E-state index contributed by atoms with van der Waals surface area (Å²) in [4.78, 5) is 4.51. The van der Waals surface area contributed by atoms with Crippen LogP contribution in [0.15, 0.2) is 17.3 Å². The Balaban J connectivity index is 2.41. The molecule has 1 heterocycles. The molecule has 14 heavy (non-hydrogen) atoms. The molecular weight excluding hydrogens is 176 g/mol. The van der Waals surface area contributed by atoms with Crippen LogP contribution in [0.4, 0.5) is 0 Å². The van der Waals surface area contributed by atoms with Crippen molar-refractivity contribution < 1.29 is 5.21 Å². The molecule has 1 aliphatic rings. The van der Waals surface area contributed by atoms with Crippen LogP contribution in [0.2, 0.25) is 0 Å². The second-order valence-electron chi connectivity index (χ2n) is 3.76. The predicted molar refractivity (Wildman–Crippen MR) is 54.9 cm³/mol. The second-order valence-corrected chi connectivity index (χ2v) is 3.76. The van der Waals surface area contributed by atoms with E-state index in [4.69, 9.17) is 5.21 Å². The number of aryl methyl sites for hydroxylation is 2. The van der Waals surface area contributed by atoms with Gasteiger partial charge in [0.25, 0.3) is 0 Å². The van der Waals surface area contributed by atoms with Crippen molar-refractivity contribution >= 4 is 6.21 Å². The van der Waals surface area contributed by atoms with E-state index < -0.39 is 0 Å². The average Bonchev–Trinajstić information content (AvgIpc) is 2.19. The van der Waals surface area contributed by atoms with E-state index in [0.29, 0.717) is 0 Å². The number of rotatable bonds is 1. The highest BCUT2D eigenvalue weighted by atomic mass is 16.4. The van der Waals surface area contributed by atoms with E-state index in [9.17, 15) is 0 Å². The van der Waals surface area contributed by atoms with Gasteiger partial charge in [-0.05, 0) is 37.8 Å². The second kappa shape index (κ2) is 3.78. The van der Waals surface area contributed by atoms with Crippen molar-refractivity contribution in [3.8, 4) is 0 Å². The highest BCUT2D eigenvalue weighted by Gasteiger charge is 2.20. The molecule has 0 saturated carbocycles. The predicted octanol–water partition coefficient (Wildman–Crippen LogP) is 2.27. The summed E-state index contributed by atoms with van der Waals surface area (Å²) in [6, 6.07) is 4.17. The normalized spacial score (nSPS) is 21.1. The van der Waals surface area contributed by atoms with Crippen molar-refractivity contribution in [1.82, 2.24) is 4.98 Å². The van der Waals surface area contributed by atoms with Gasteiger partial charge in [-0.15, -0.1) is 5.16 Å². The number of oxime groups is 1. The zero-order valence-electron chi connectivity index (χ0n) is 8.27. The highest BCUT2D eigenvalue weighted by Crippen LogP contribution is 2.28. The van der Waals surface area contributed by atoms with E-state index in [-0.39, 0.29) is 5.92 Å². The van der Waals surface area contributed by atoms with Gasteiger partial charge in [0.2, 0.25) is 0 Å². The Morgan fingerprint density at radius 2 is 2.43 bits per heavy atom. The number of hydrogen-bond acceptors (Lipinski definition) is 3. The third-order valence-electron chi connectivity index (χ3n) is 2.71. The zero-order valence-corrected chi connectivity index (χ0v) is 8.27. The van der Waals surface area contributed by atoms with Crippen molar-refractivity contribution in [2.75, 3.05) is 0 Å². The maximum absolute atomic E-state index is 8.56. The maximum atomic E-state index is 8.56. The number of aromatic nitrogens is 1. The van der Waals surface area contributed by atoms with E-state index in [1.165, 1.54) is 5.56 Å². The van der Waals surface area contributed by atoms with E-state index in [0.717, 1.165) is 30.7 Å². The van der Waals surface area contributed by atoms with E-state index >= 15 is 0 Å². The van der Waals surface area contributed by atoms with Crippen LogP contribution < -0.4 is 0 Å². The van der Waals surface area contributed by atoms with E-state index in [1.807, 2.05) is 13.0 Å². The largest absolute Gasteiger partial charge is 0.411 e. The Labute approximate surface area is 83.5 Å². The highest BCUT2D eigenvalue weighted by molar-refractivity contribution is 5.67. The Bertz CT molecular complexity index is 360. The molecule has 74 valence electrons. The number of nitrogens with zero attached hydrogens (tertiary/aromatic N) is 2. The average molecular weight is 190 g/mol. The van der Waals surface area contributed by atoms with Crippen LogP contribution >= 0.6 is 0 Å². The van der Waals surface area contributed by atoms with Crippen LogP contribution in [0.3, 0.4) is 0 Å². The third-order valence-corrected chi connectivity index (χ3v) is 2.71. The van der Waals surface area contributed by atoms with Crippen molar-refractivity contribution in [2.45, 2.75) is 32.1 Å². The summed E-state index contributed by atoms with van der Waals surface area (Å²) in [7, 11) is 0. The van der Waals surface area contributed by atoms with Gasteiger partial charge in [0.05, 0.1) is 11.9 Å². The molecule has 0 radical (unpaired) electrons. The van der Waals surface area contributed by atoms with Crippen LogP contribution in [-0.2, 0) is 6.42 Å². The fourth-order valence-electron chi connectivity index (χ4n) is 2.01. The SMILES string of the molecule is Cc1ccc2c(n1)C(C=NO)CCC2. The van der Waals surface area contributed by atoms with Crippen LogP contribution in [0.1, 0.15) is 35.7 Å². The quantitative estimate of drug-likeness (QED) is 0.419. The van der Waals surface area contributed by atoms with Crippen molar-refractivity contribution in [1.29, 1.82) is 0 Å². The van der Waals surface area contributed by atoms with Crippen molar-refractivity contribution in [2.24, 2.45) is 5.16 Å². The Hall–Kier alpha value is -1.38. The van der Waals surface area contributed by atoms with Gasteiger partial charge >= 0.3 is 0 Å². The molecule has 3 nitrogen and oxygen atoms in total. The molecule has 0 bridgehead atoms. The van der Waals surface area contributed by atoms with Crippen molar-refractivity contribution in [3.63, 3.8) is 0 Å². The van der Waals surface area contributed by atoms with Crippen LogP contribution in [0, 0.1) is 6.92 Å². The summed E-state index contributed by atoms with van der Waals surface area (Å²) in [5.74, 6) is 0.198. The Morgan fingerprint density at radius 3 is 3.21 bits per heavy atom. The van der Waals surface area contributed by atoms with Gasteiger partial charge in [0, 0.05) is 11.6 Å². The molecule has 1 atom stereocenters. The van der Waals surface area contributed by atoms with Crippen LogP contribution in [0.25, 0.3) is 0 Å². The molecule has 0 spiro atoms. The van der Waals surface area contributed by atoms with Gasteiger partial charge in [-0.25, -0.2) is 0 Å². The first-order valence-corrected chi connectivity index (χ1v) is 4.95. The molecule has 0 fully saturated rings. The topological polar surface area (TPSA) is 45.5 Å². The standard InChI is InChI=1S/C11H14N2O/c1-8-5-6-9-3-2-4-10(7-12-14)11(9)13-8/h5-7,10,14H,2-4H2,1H3. The maximum Gasteiger partial charge on any atom is 0.0526 e. The molecule has 1 aromatic rings. The molecule has 2 rings (SSSR count). The first kappa shape index (κ1) is 9.19. The smallest absolute Gasteiger partial charge is 0.0526 e. The third kappa shape index (κ3) is 1.62. The molecule has 0 aromatic carbocycles. The lowest BCUT2D eigenvalue weighted by Gasteiger charge is -2.21. The van der Waals surface area contributed by atoms with E-state index in [1.54, 1.807) is 6.21 Å². The first-order chi connectivity index (χ1) is 6.81. The molecular formula is C11H14N2O. The number of pyridine rings is 1. The van der Waals surface area contributed by atoms with Crippen LogP contribution in [-0.4, -0.2) is 16.4 Å². The summed E-state index contributed by atoms with van der Waals surface area (Å²) in [5.41, 5.74) is 3.42. The number of fused-ring (bicyclic) bond motifs is 1. The van der Waals surface area contributed by atoms with Gasteiger partial charge in [-0.1, -0.05) is 6.07 Å². The molecule has 0 aliphatic heterocycles. The minimum absolute atomic E-state index is 0.198. The summed E-state index contributed by atoms with van der Waals surface area (Å²) in [5, 5.41) is 11.7. The molecule has 1 N–H and O–H groups in total. The van der Waals surface area contributed by atoms with Gasteiger partial charge in [-0.3, -0.25) is 4.98 Å². The van der Waals surface area contributed by atoms with Gasteiger partial charge in [0.15, 0.2) is 0 Å². The molecule has 0 saturated heterocycles. The Kier molecular flexibility index (Phi) is 2.48. The minimum atomic E-state index is 0.198. The summed E-state index contributed by atoms with van der Waals surface area (Å²) < 4.78 is 0. The fourth-order valence-corrected chi connectivity index (χ4v) is 2.01. The van der Waals surface area contributed by atoms with Gasteiger partial charge in [-0.2, -0.15) is 0 Å². The molecule has 1 aliphatic carbocycles. The molecule has 1 unspecified atom stereocenters. The van der Waals surface area contributed by atoms with Crippen molar-refractivity contribution in [3.05, 3.63) is 29.1 Å². The first-order valence-electron chi connectivity index (χ1n) is 4.95. The lowest BCUT2D eigenvalue weighted by Crippen LogP contribution is -2.13. The number of hydrogen-bond donors (Lipinski definition) is 1.